The van der Waals surface area contributed by atoms with Crippen LogP contribution in [-0.4, -0.2) is 66.0 Å². The van der Waals surface area contributed by atoms with Crippen LogP contribution in [0.4, 0.5) is 0 Å². The second kappa shape index (κ2) is 135. The number of rotatable bonds is 0. The molecular weight excluding hydrogens is 473 g/mol. The average Bonchev–Trinajstić information content (AvgIpc) is 1.25. The maximum atomic E-state index is 9.00. The summed E-state index contributed by atoms with van der Waals surface area (Å²) in [5.41, 5.74) is 0. The van der Waals surface area contributed by atoms with Crippen LogP contribution in [-0.2, 0) is 43.4 Å². The summed E-state index contributed by atoms with van der Waals surface area (Å²) in [4.78, 5) is 18.0. The van der Waals surface area contributed by atoms with Gasteiger partial charge in [0.25, 0.3) is 11.9 Å². The number of halogens is 1. The number of carboxylic acid groups (broad SMARTS) is 2. The smallest absolute Gasteiger partial charge is 1.00 e. The molecule has 0 bridgehead atoms. The van der Waals surface area contributed by atoms with E-state index in [1.807, 2.05) is 0 Å². The topological polar surface area (TPSA) is 327 Å². The molecule has 0 heterocycles. The Labute approximate surface area is 190 Å². The van der Waals surface area contributed by atoms with Gasteiger partial charge in [0.05, 0.1) is 0 Å². The molecule has 0 saturated carbocycles. The number of hydrogen-bond donors (Lipinski definition) is 2. The molecule has 2 radical (unpaired) electrons. The molecule has 0 unspecified atom stereocenters. The zero-order chi connectivity index (χ0) is 7.15. The summed E-state index contributed by atoms with van der Waals surface area (Å²) in [6.45, 7) is 2.17. The molecule has 0 aliphatic carbocycles. The van der Waals surface area contributed by atoms with Gasteiger partial charge in [0.15, 0.2) is 0 Å². The first-order valence-electron chi connectivity index (χ1n) is 1.86. The zero-order valence-electron chi connectivity index (χ0n) is 11.8. The fraction of sp³-hybridized carbons (Fsp3) is 0.500. The third-order valence-corrected chi connectivity index (χ3v) is 0. The minimum absolute atomic E-state index is 0. The molecule has 138 valence electrons. The van der Waals surface area contributed by atoms with Crippen LogP contribution < -0.4 is 51.4 Å². The Kier molecular flexibility index (Phi) is 1050. The van der Waals surface area contributed by atoms with E-state index in [4.69, 9.17) is 19.8 Å². The van der Waals surface area contributed by atoms with Gasteiger partial charge in [-0.05, 0) is 0 Å². The molecule has 16 heteroatoms. The molecule has 0 aromatic carbocycles. The van der Waals surface area contributed by atoms with Gasteiger partial charge < -0.3 is 55.4 Å². The Bertz CT molecular complexity index is 99.3. The molecule has 0 fully saturated rings. The minimum atomic E-state index is -0.833. The summed E-state index contributed by atoms with van der Waals surface area (Å²) in [5.74, 6) is -1.67. The summed E-state index contributed by atoms with van der Waals surface area (Å²) in [6.07, 6.45) is 0. The van der Waals surface area contributed by atoms with Crippen LogP contribution in [0.25, 0.3) is 0 Å². The van der Waals surface area contributed by atoms with E-state index in [-0.39, 0.29) is 147 Å². The van der Waals surface area contributed by atoms with Crippen molar-refractivity contribution in [2.45, 2.75) is 13.8 Å². The molecule has 0 atom stereocenters. The number of carbonyl (C=O) groups is 2. The van der Waals surface area contributed by atoms with Crippen LogP contribution in [0, 0.1) is 0 Å². The summed E-state index contributed by atoms with van der Waals surface area (Å²) >= 11 is 0. The van der Waals surface area contributed by atoms with Gasteiger partial charge in [0.2, 0.25) is 0 Å². The molecule has 0 aliphatic heterocycles. The van der Waals surface area contributed by atoms with Crippen LogP contribution in [0.3, 0.4) is 0 Å². The minimum Gasteiger partial charge on any atom is -1.00 e. The predicted molar refractivity (Wildman–Crippen MR) is 67.0 cm³/mol. The maximum absolute atomic E-state index is 9.00. The average molecular weight is 499 g/mol. The van der Waals surface area contributed by atoms with E-state index >= 15 is 0 Å². The Morgan fingerprint density at radius 2 is 0.700 bits per heavy atom. The molecule has 18 N–H and O–H groups in total. The van der Waals surface area contributed by atoms with Gasteiger partial charge in [0.1, 0.15) is 0 Å². The molecule has 0 rings (SSSR count). The van der Waals surface area contributed by atoms with Crippen molar-refractivity contribution in [2.75, 3.05) is 0 Å². The second-order valence-corrected chi connectivity index (χ2v) is 1.04. The largest absolute Gasteiger partial charge is 1.00 e. The number of carboxylic acids is 2. The number of aliphatic carboxylic acids is 2. The van der Waals surface area contributed by atoms with Gasteiger partial charge in [0, 0.05) is 47.7 Å². The predicted octanol–water partition coefficient (Wildman–Crippen LogP) is -8.73. The molecule has 0 spiro atoms. The van der Waals surface area contributed by atoms with Crippen molar-refractivity contribution in [2.24, 2.45) is 0 Å². The van der Waals surface area contributed by atoms with E-state index in [1.165, 1.54) is 0 Å². The van der Waals surface area contributed by atoms with Crippen molar-refractivity contribution in [1.29, 1.82) is 0 Å². The van der Waals surface area contributed by atoms with E-state index < -0.39 is 11.9 Å². The normalized spacial score (nSPS) is 2.50. The van der Waals surface area contributed by atoms with E-state index in [9.17, 15) is 0 Å². The van der Waals surface area contributed by atoms with Crippen LogP contribution in [0.2, 0.25) is 0 Å². The molecular formula is C4H26BrCoKMnO12. The summed E-state index contributed by atoms with van der Waals surface area (Å²) < 4.78 is 0. The third-order valence-electron chi connectivity index (χ3n) is 0. The van der Waals surface area contributed by atoms with E-state index in [0.29, 0.717) is 0 Å². The quantitative estimate of drug-likeness (QED) is 0.306. The van der Waals surface area contributed by atoms with Crippen LogP contribution >= 0.6 is 17.0 Å². The maximum Gasteiger partial charge on any atom is 1.00 e. The van der Waals surface area contributed by atoms with Gasteiger partial charge in [-0.15, -0.1) is 17.0 Å². The van der Waals surface area contributed by atoms with Crippen molar-refractivity contribution < 1.29 is 150 Å². The summed E-state index contributed by atoms with van der Waals surface area (Å²) in [5, 5.41) is 14.8. The van der Waals surface area contributed by atoms with Crippen LogP contribution in [0.1, 0.15) is 15.3 Å². The van der Waals surface area contributed by atoms with Crippen molar-refractivity contribution in [3.8, 4) is 0 Å². The fourth-order valence-corrected chi connectivity index (χ4v) is 0. The molecule has 0 amide bonds. The SMILES string of the molecule is Br.CC(=O)O.CC(=O)O.O.O.O.O.O.O.O.O.[Co].[H-].[K+].[Mn]. The van der Waals surface area contributed by atoms with Crippen LogP contribution in [0.5, 0.6) is 0 Å². The van der Waals surface area contributed by atoms with Crippen molar-refractivity contribution >= 4 is 28.9 Å². The molecule has 0 aromatic rings. The molecule has 0 aromatic heterocycles. The zero-order valence-corrected chi connectivity index (χ0v) is 17.9. The number of hydrogen-bond acceptors (Lipinski definition) is 2. The first-order valence-corrected chi connectivity index (χ1v) is 1.86. The van der Waals surface area contributed by atoms with Crippen molar-refractivity contribution in [3.63, 3.8) is 0 Å². The molecule has 0 aliphatic rings. The van der Waals surface area contributed by atoms with Crippen LogP contribution in [0.15, 0.2) is 0 Å². The Hall–Kier alpha value is 1.76. The Morgan fingerprint density at radius 3 is 0.700 bits per heavy atom. The first-order chi connectivity index (χ1) is 3.46. The second-order valence-electron chi connectivity index (χ2n) is 1.04. The van der Waals surface area contributed by atoms with Gasteiger partial charge in [-0.2, -0.15) is 0 Å². The van der Waals surface area contributed by atoms with E-state index in [1.54, 1.807) is 0 Å². The molecule has 20 heavy (non-hydrogen) atoms. The van der Waals surface area contributed by atoms with Crippen molar-refractivity contribution in [3.05, 3.63) is 0 Å². The van der Waals surface area contributed by atoms with Gasteiger partial charge in [-0.25, -0.2) is 0 Å². The van der Waals surface area contributed by atoms with Crippen molar-refractivity contribution in [1.82, 2.24) is 0 Å². The summed E-state index contributed by atoms with van der Waals surface area (Å²) in [7, 11) is 0. The standard InChI is InChI=1S/2C2H4O2.BrH.Co.K.Mn.8H2O.H/c2*1-2(3)4;;;;;;;;;;;;;/h2*1H3,(H,3,4);1H;;;;8*1H2;/q;;;;+1;;;;;;;;;;-1. The fourth-order valence-electron chi connectivity index (χ4n) is 0. The van der Waals surface area contributed by atoms with Gasteiger partial charge in [-0.3, -0.25) is 9.59 Å². The Morgan fingerprint density at radius 1 is 0.700 bits per heavy atom. The van der Waals surface area contributed by atoms with E-state index in [0.717, 1.165) is 13.8 Å². The molecule has 0 saturated heterocycles. The van der Waals surface area contributed by atoms with E-state index in [2.05, 4.69) is 0 Å². The summed E-state index contributed by atoms with van der Waals surface area (Å²) in [6, 6.07) is 0. The monoisotopic (exact) mass is 498 g/mol. The third kappa shape index (κ3) is 2240. The molecule has 12 nitrogen and oxygen atoms in total. The van der Waals surface area contributed by atoms with Gasteiger partial charge in [-0.1, -0.05) is 0 Å². The Balaban J connectivity index is -0.00000000163. The van der Waals surface area contributed by atoms with Gasteiger partial charge >= 0.3 is 51.4 Å². The first kappa shape index (κ1) is 156.